The van der Waals surface area contributed by atoms with Crippen LogP contribution in [0.3, 0.4) is 0 Å². The highest BCUT2D eigenvalue weighted by molar-refractivity contribution is 5.33. The zero-order chi connectivity index (χ0) is 13.7. The molecule has 0 aliphatic rings. The lowest BCUT2D eigenvalue weighted by atomic mass is 10.1. The van der Waals surface area contributed by atoms with Gasteiger partial charge in [0.25, 0.3) is 0 Å². The number of hydrogen-bond acceptors (Lipinski definition) is 3. The SMILES string of the molecule is COC(C)CCC(N)c1ccnn1-c1ccccc1. The van der Waals surface area contributed by atoms with E-state index in [4.69, 9.17) is 10.5 Å². The molecule has 0 saturated carbocycles. The van der Waals surface area contributed by atoms with Gasteiger partial charge in [-0.3, -0.25) is 0 Å². The Bertz CT molecular complexity index is 495. The second-order valence-electron chi connectivity index (χ2n) is 4.73. The lowest BCUT2D eigenvalue weighted by Gasteiger charge is -2.16. The fraction of sp³-hybridized carbons (Fsp3) is 0.400. The molecule has 1 heterocycles. The fourth-order valence-electron chi connectivity index (χ4n) is 2.06. The van der Waals surface area contributed by atoms with Crippen molar-refractivity contribution in [3.63, 3.8) is 0 Å². The van der Waals surface area contributed by atoms with Crippen molar-refractivity contribution in [1.29, 1.82) is 0 Å². The summed E-state index contributed by atoms with van der Waals surface area (Å²) in [4.78, 5) is 0. The number of ether oxygens (including phenoxy) is 1. The largest absolute Gasteiger partial charge is 0.382 e. The van der Waals surface area contributed by atoms with E-state index in [-0.39, 0.29) is 12.1 Å². The molecular formula is C15H21N3O. The molecule has 1 aromatic heterocycles. The predicted octanol–water partition coefficient (Wildman–Crippen LogP) is 2.69. The van der Waals surface area contributed by atoms with E-state index in [1.165, 1.54) is 0 Å². The van der Waals surface area contributed by atoms with E-state index >= 15 is 0 Å². The maximum atomic E-state index is 6.26. The maximum Gasteiger partial charge on any atom is 0.0649 e. The Hall–Kier alpha value is -1.65. The zero-order valence-electron chi connectivity index (χ0n) is 11.5. The lowest BCUT2D eigenvalue weighted by molar-refractivity contribution is 0.107. The molecule has 102 valence electrons. The van der Waals surface area contributed by atoms with E-state index in [9.17, 15) is 0 Å². The topological polar surface area (TPSA) is 53.1 Å². The van der Waals surface area contributed by atoms with Crippen LogP contribution in [0.4, 0.5) is 0 Å². The van der Waals surface area contributed by atoms with Crippen molar-refractivity contribution in [3.05, 3.63) is 48.3 Å². The Morgan fingerprint density at radius 2 is 1.95 bits per heavy atom. The van der Waals surface area contributed by atoms with Crippen LogP contribution in [0.2, 0.25) is 0 Å². The summed E-state index contributed by atoms with van der Waals surface area (Å²) in [7, 11) is 1.73. The summed E-state index contributed by atoms with van der Waals surface area (Å²) in [5.41, 5.74) is 8.34. The predicted molar refractivity (Wildman–Crippen MR) is 76.2 cm³/mol. The number of benzene rings is 1. The standard InChI is InChI=1S/C15H21N3O/c1-12(19-2)8-9-14(16)15-10-11-17-18(15)13-6-4-3-5-7-13/h3-7,10-12,14H,8-9,16H2,1-2H3. The lowest BCUT2D eigenvalue weighted by Crippen LogP contribution is -2.17. The summed E-state index contributed by atoms with van der Waals surface area (Å²) in [6.07, 6.45) is 3.85. The van der Waals surface area contributed by atoms with Gasteiger partial charge in [0.2, 0.25) is 0 Å². The molecule has 0 aliphatic carbocycles. The van der Waals surface area contributed by atoms with Gasteiger partial charge in [0.05, 0.1) is 17.5 Å². The zero-order valence-corrected chi connectivity index (χ0v) is 11.5. The molecule has 4 nitrogen and oxygen atoms in total. The third-order valence-electron chi connectivity index (χ3n) is 3.34. The number of rotatable bonds is 6. The van der Waals surface area contributed by atoms with Crippen molar-refractivity contribution in [2.24, 2.45) is 5.73 Å². The number of para-hydroxylation sites is 1. The maximum absolute atomic E-state index is 6.26. The van der Waals surface area contributed by atoms with Crippen LogP contribution in [0, 0.1) is 0 Å². The molecule has 0 amide bonds. The minimum Gasteiger partial charge on any atom is -0.382 e. The number of methoxy groups -OCH3 is 1. The Kier molecular flexibility index (Phi) is 4.71. The highest BCUT2D eigenvalue weighted by atomic mass is 16.5. The van der Waals surface area contributed by atoms with Crippen LogP contribution >= 0.6 is 0 Å². The summed E-state index contributed by atoms with van der Waals surface area (Å²) < 4.78 is 7.16. The summed E-state index contributed by atoms with van der Waals surface area (Å²) in [5, 5.41) is 4.36. The van der Waals surface area contributed by atoms with E-state index in [2.05, 4.69) is 12.0 Å². The Balaban J connectivity index is 2.11. The molecule has 2 unspecified atom stereocenters. The highest BCUT2D eigenvalue weighted by Gasteiger charge is 2.14. The van der Waals surface area contributed by atoms with Crippen molar-refractivity contribution < 1.29 is 4.74 Å². The van der Waals surface area contributed by atoms with Gasteiger partial charge < -0.3 is 10.5 Å². The third kappa shape index (κ3) is 3.43. The first-order valence-electron chi connectivity index (χ1n) is 6.60. The van der Waals surface area contributed by atoms with Gasteiger partial charge in [-0.25, -0.2) is 4.68 Å². The molecule has 2 atom stereocenters. The van der Waals surface area contributed by atoms with Gasteiger partial charge in [0.15, 0.2) is 0 Å². The quantitative estimate of drug-likeness (QED) is 0.867. The molecule has 2 rings (SSSR count). The molecular weight excluding hydrogens is 238 g/mol. The molecule has 0 fully saturated rings. The number of hydrogen-bond donors (Lipinski definition) is 1. The average Bonchev–Trinajstić information content (AvgIpc) is 2.94. The van der Waals surface area contributed by atoms with Gasteiger partial charge in [-0.2, -0.15) is 5.10 Å². The molecule has 4 heteroatoms. The molecule has 0 saturated heterocycles. The molecule has 1 aromatic carbocycles. The van der Waals surface area contributed by atoms with Crippen LogP contribution < -0.4 is 5.73 Å². The molecule has 0 radical (unpaired) electrons. The van der Waals surface area contributed by atoms with Crippen LogP contribution in [-0.4, -0.2) is 23.0 Å². The van der Waals surface area contributed by atoms with Crippen LogP contribution in [0.15, 0.2) is 42.6 Å². The van der Waals surface area contributed by atoms with Crippen molar-refractivity contribution >= 4 is 0 Å². The Labute approximate surface area is 114 Å². The summed E-state index contributed by atoms with van der Waals surface area (Å²) in [5.74, 6) is 0. The minimum atomic E-state index is -0.0275. The van der Waals surface area contributed by atoms with Gasteiger partial charge in [-0.15, -0.1) is 0 Å². The fourth-order valence-corrected chi connectivity index (χ4v) is 2.06. The van der Waals surface area contributed by atoms with Gasteiger partial charge in [0.1, 0.15) is 0 Å². The number of nitrogens with zero attached hydrogens (tertiary/aromatic N) is 2. The van der Waals surface area contributed by atoms with Crippen LogP contribution in [0.5, 0.6) is 0 Å². The molecule has 0 bridgehead atoms. The van der Waals surface area contributed by atoms with E-state index < -0.39 is 0 Å². The normalized spacial score (nSPS) is 14.3. The second kappa shape index (κ2) is 6.50. The van der Waals surface area contributed by atoms with E-state index in [0.717, 1.165) is 24.2 Å². The van der Waals surface area contributed by atoms with Crippen molar-refractivity contribution in [2.45, 2.75) is 31.9 Å². The third-order valence-corrected chi connectivity index (χ3v) is 3.34. The smallest absolute Gasteiger partial charge is 0.0649 e. The van der Waals surface area contributed by atoms with Crippen molar-refractivity contribution in [2.75, 3.05) is 7.11 Å². The van der Waals surface area contributed by atoms with Gasteiger partial charge >= 0.3 is 0 Å². The van der Waals surface area contributed by atoms with E-state index in [1.54, 1.807) is 13.3 Å². The first-order valence-corrected chi connectivity index (χ1v) is 6.60. The van der Waals surface area contributed by atoms with Gasteiger partial charge in [0, 0.05) is 19.3 Å². The molecule has 0 aliphatic heterocycles. The Morgan fingerprint density at radius 1 is 1.21 bits per heavy atom. The van der Waals surface area contributed by atoms with E-state index in [1.807, 2.05) is 41.1 Å². The minimum absolute atomic E-state index is 0.0275. The Morgan fingerprint density at radius 3 is 2.63 bits per heavy atom. The summed E-state index contributed by atoms with van der Waals surface area (Å²) in [6.45, 7) is 2.06. The molecule has 19 heavy (non-hydrogen) atoms. The van der Waals surface area contributed by atoms with Crippen molar-refractivity contribution in [3.8, 4) is 5.69 Å². The van der Waals surface area contributed by atoms with Crippen LogP contribution in [0.25, 0.3) is 5.69 Å². The summed E-state index contributed by atoms with van der Waals surface area (Å²) in [6, 6.07) is 12.0. The first-order chi connectivity index (χ1) is 9.22. The summed E-state index contributed by atoms with van der Waals surface area (Å²) >= 11 is 0. The first kappa shape index (κ1) is 13.8. The van der Waals surface area contributed by atoms with Gasteiger partial charge in [-0.1, -0.05) is 18.2 Å². The highest BCUT2D eigenvalue weighted by Crippen LogP contribution is 2.20. The van der Waals surface area contributed by atoms with Gasteiger partial charge in [-0.05, 0) is 38.0 Å². The second-order valence-corrected chi connectivity index (χ2v) is 4.73. The van der Waals surface area contributed by atoms with Crippen molar-refractivity contribution in [1.82, 2.24) is 9.78 Å². The monoisotopic (exact) mass is 259 g/mol. The van der Waals surface area contributed by atoms with Crippen LogP contribution in [-0.2, 0) is 4.74 Å². The molecule has 2 N–H and O–H groups in total. The van der Waals surface area contributed by atoms with Crippen LogP contribution in [0.1, 0.15) is 31.5 Å². The average molecular weight is 259 g/mol. The molecule has 0 spiro atoms. The number of aromatic nitrogens is 2. The molecule has 2 aromatic rings. The van der Waals surface area contributed by atoms with E-state index in [0.29, 0.717) is 0 Å². The number of nitrogens with two attached hydrogens (primary N) is 1.